The smallest absolute Gasteiger partial charge is 0.306 e. The summed E-state index contributed by atoms with van der Waals surface area (Å²) in [7, 11) is 0. The molecular formula is C43H72O5. The van der Waals surface area contributed by atoms with Crippen LogP contribution in [0.1, 0.15) is 168 Å². The summed E-state index contributed by atoms with van der Waals surface area (Å²) in [4.78, 5) is 24.2. The van der Waals surface area contributed by atoms with Crippen LogP contribution in [-0.4, -0.2) is 36.4 Å². The maximum atomic E-state index is 12.1. The average Bonchev–Trinajstić information content (AvgIpc) is 3.09. The minimum Gasteiger partial charge on any atom is -0.462 e. The highest BCUT2D eigenvalue weighted by Crippen LogP contribution is 2.11. The molecule has 5 heteroatoms. The molecule has 0 aliphatic heterocycles. The number of unbranched alkanes of at least 4 members (excludes halogenated alkanes) is 14. The monoisotopic (exact) mass is 669 g/mol. The van der Waals surface area contributed by atoms with E-state index in [1.807, 2.05) is 12.2 Å². The maximum Gasteiger partial charge on any atom is 0.306 e. The molecule has 5 nitrogen and oxygen atoms in total. The molecule has 1 unspecified atom stereocenters. The Labute approximate surface area is 295 Å². The van der Waals surface area contributed by atoms with Gasteiger partial charge < -0.3 is 14.6 Å². The van der Waals surface area contributed by atoms with Crippen molar-refractivity contribution in [3.63, 3.8) is 0 Å². The van der Waals surface area contributed by atoms with E-state index in [0.29, 0.717) is 12.8 Å². The average molecular weight is 669 g/mol. The molecule has 0 saturated carbocycles. The standard InChI is InChI=1S/C43H72O5/c1-3-5-7-9-11-13-15-17-19-20-21-22-24-26-28-30-32-34-36-38-43(46)48-41(39-44)40-47-42(45)37-35-33-31-29-27-25-23-18-16-14-12-10-8-6-4-2/h11,13,17-19,21-23,26,28,32,34,41,44H,3-10,12,14-16,20,24-25,27,29-31,33,35-40H2,1-2H3. The van der Waals surface area contributed by atoms with Gasteiger partial charge in [-0.05, 0) is 77.0 Å². The molecule has 0 aromatic heterocycles. The van der Waals surface area contributed by atoms with E-state index >= 15 is 0 Å². The normalized spacial score (nSPS) is 13.0. The van der Waals surface area contributed by atoms with Gasteiger partial charge in [-0.2, -0.15) is 0 Å². The van der Waals surface area contributed by atoms with Gasteiger partial charge in [-0.3, -0.25) is 9.59 Å². The molecule has 0 fully saturated rings. The SMILES string of the molecule is CCCCCC=CCC=CCC=CCC=CCC=CCCC(=O)OC(CO)COC(=O)CCCCCCCC=CCCCCCCCC. The van der Waals surface area contributed by atoms with Crippen LogP contribution in [-0.2, 0) is 19.1 Å². The number of ether oxygens (including phenoxy) is 2. The first-order valence-corrected chi connectivity index (χ1v) is 19.5. The van der Waals surface area contributed by atoms with Gasteiger partial charge in [-0.25, -0.2) is 0 Å². The number of aliphatic hydroxyl groups excluding tert-OH is 1. The van der Waals surface area contributed by atoms with Crippen molar-refractivity contribution in [2.24, 2.45) is 0 Å². The van der Waals surface area contributed by atoms with Gasteiger partial charge in [0.1, 0.15) is 6.61 Å². The number of carbonyl (C=O) groups excluding carboxylic acids is 2. The molecule has 0 saturated heterocycles. The third-order valence-corrected chi connectivity index (χ3v) is 7.99. The number of aliphatic hydroxyl groups is 1. The summed E-state index contributed by atoms with van der Waals surface area (Å²) >= 11 is 0. The lowest BCUT2D eigenvalue weighted by Crippen LogP contribution is -2.28. The first-order valence-electron chi connectivity index (χ1n) is 19.5. The number of rotatable bonds is 34. The van der Waals surface area contributed by atoms with Crippen LogP contribution in [0.5, 0.6) is 0 Å². The Morgan fingerprint density at radius 3 is 1.40 bits per heavy atom. The van der Waals surface area contributed by atoms with Crippen LogP contribution >= 0.6 is 0 Å². The minimum absolute atomic E-state index is 0.103. The number of carbonyl (C=O) groups is 2. The molecule has 0 aliphatic carbocycles. The highest BCUT2D eigenvalue weighted by atomic mass is 16.6. The molecule has 0 aromatic carbocycles. The van der Waals surface area contributed by atoms with E-state index in [-0.39, 0.29) is 25.6 Å². The van der Waals surface area contributed by atoms with Crippen molar-refractivity contribution in [3.05, 3.63) is 72.9 Å². The lowest BCUT2D eigenvalue weighted by molar-refractivity contribution is -0.161. The van der Waals surface area contributed by atoms with E-state index in [1.54, 1.807) is 0 Å². The topological polar surface area (TPSA) is 72.8 Å². The quantitative estimate of drug-likeness (QED) is 0.0420. The van der Waals surface area contributed by atoms with E-state index in [9.17, 15) is 14.7 Å². The van der Waals surface area contributed by atoms with Crippen LogP contribution in [0, 0.1) is 0 Å². The Bertz CT molecular complexity index is 895. The van der Waals surface area contributed by atoms with Gasteiger partial charge in [-0.1, -0.05) is 151 Å². The third kappa shape index (κ3) is 36.2. The van der Waals surface area contributed by atoms with E-state index in [4.69, 9.17) is 9.47 Å². The van der Waals surface area contributed by atoms with E-state index in [0.717, 1.165) is 51.4 Å². The molecule has 0 aliphatic rings. The second kappa shape index (κ2) is 38.8. The van der Waals surface area contributed by atoms with Crippen LogP contribution in [0.2, 0.25) is 0 Å². The highest BCUT2D eigenvalue weighted by molar-refractivity contribution is 5.70. The lowest BCUT2D eigenvalue weighted by Gasteiger charge is -2.15. The van der Waals surface area contributed by atoms with Crippen LogP contribution in [0.25, 0.3) is 0 Å². The number of hydrogen-bond acceptors (Lipinski definition) is 5. The van der Waals surface area contributed by atoms with Gasteiger partial charge in [0.25, 0.3) is 0 Å². The molecule has 0 rings (SSSR count). The molecule has 0 heterocycles. The fourth-order valence-electron chi connectivity index (χ4n) is 5.00. The predicted octanol–water partition coefficient (Wildman–Crippen LogP) is 12.2. The van der Waals surface area contributed by atoms with E-state index in [1.165, 1.54) is 83.5 Å². The number of esters is 2. The van der Waals surface area contributed by atoms with Crippen molar-refractivity contribution < 1.29 is 24.2 Å². The van der Waals surface area contributed by atoms with Gasteiger partial charge >= 0.3 is 11.9 Å². The van der Waals surface area contributed by atoms with Gasteiger partial charge in [0.2, 0.25) is 0 Å². The number of allylic oxidation sites excluding steroid dienone is 12. The molecule has 1 atom stereocenters. The summed E-state index contributed by atoms with van der Waals surface area (Å²) in [6, 6.07) is 0. The largest absolute Gasteiger partial charge is 0.462 e. The Morgan fingerprint density at radius 2 is 0.875 bits per heavy atom. The zero-order chi connectivity index (χ0) is 35.0. The molecular weight excluding hydrogens is 596 g/mol. The summed E-state index contributed by atoms with van der Waals surface area (Å²) < 4.78 is 10.5. The van der Waals surface area contributed by atoms with Gasteiger partial charge in [-0.15, -0.1) is 0 Å². The molecule has 0 aromatic rings. The molecule has 0 bridgehead atoms. The van der Waals surface area contributed by atoms with Crippen molar-refractivity contribution in [1.82, 2.24) is 0 Å². The fourth-order valence-corrected chi connectivity index (χ4v) is 5.00. The van der Waals surface area contributed by atoms with Gasteiger partial charge in [0.15, 0.2) is 6.10 Å². The Kier molecular flexibility index (Phi) is 36.6. The molecule has 274 valence electrons. The fraction of sp³-hybridized carbons (Fsp3) is 0.674. The van der Waals surface area contributed by atoms with Gasteiger partial charge in [0.05, 0.1) is 6.61 Å². The minimum atomic E-state index is -0.817. The maximum absolute atomic E-state index is 12.1. The Hall–Kier alpha value is -2.66. The summed E-state index contributed by atoms with van der Waals surface area (Å²) in [5.74, 6) is -0.702. The molecule has 0 radical (unpaired) electrons. The summed E-state index contributed by atoms with van der Waals surface area (Å²) in [5, 5.41) is 9.53. The predicted molar refractivity (Wildman–Crippen MR) is 205 cm³/mol. The number of hydrogen-bond donors (Lipinski definition) is 1. The van der Waals surface area contributed by atoms with Crippen molar-refractivity contribution in [2.75, 3.05) is 13.2 Å². The van der Waals surface area contributed by atoms with Crippen molar-refractivity contribution in [2.45, 2.75) is 174 Å². The zero-order valence-electron chi connectivity index (χ0n) is 31.0. The van der Waals surface area contributed by atoms with Crippen molar-refractivity contribution in [1.29, 1.82) is 0 Å². The summed E-state index contributed by atoms with van der Waals surface area (Å²) in [6.45, 7) is 4.02. The summed E-state index contributed by atoms with van der Waals surface area (Å²) in [5.41, 5.74) is 0. The molecule has 0 spiro atoms. The van der Waals surface area contributed by atoms with Crippen molar-refractivity contribution >= 4 is 11.9 Å². The first kappa shape index (κ1) is 45.3. The van der Waals surface area contributed by atoms with E-state index in [2.05, 4.69) is 74.6 Å². The first-order chi connectivity index (χ1) is 23.6. The molecule has 48 heavy (non-hydrogen) atoms. The lowest BCUT2D eigenvalue weighted by atomic mass is 10.1. The van der Waals surface area contributed by atoms with Gasteiger partial charge in [0, 0.05) is 12.8 Å². The Balaban J connectivity index is 3.73. The van der Waals surface area contributed by atoms with Crippen LogP contribution < -0.4 is 0 Å². The van der Waals surface area contributed by atoms with Crippen LogP contribution in [0.4, 0.5) is 0 Å². The second-order valence-corrected chi connectivity index (χ2v) is 12.6. The van der Waals surface area contributed by atoms with E-state index < -0.39 is 12.1 Å². The second-order valence-electron chi connectivity index (χ2n) is 12.6. The Morgan fingerprint density at radius 1 is 0.479 bits per heavy atom. The molecule has 1 N–H and O–H groups in total. The highest BCUT2D eigenvalue weighted by Gasteiger charge is 2.15. The van der Waals surface area contributed by atoms with Crippen LogP contribution in [0.15, 0.2) is 72.9 Å². The van der Waals surface area contributed by atoms with Crippen LogP contribution in [0.3, 0.4) is 0 Å². The van der Waals surface area contributed by atoms with Crippen molar-refractivity contribution in [3.8, 4) is 0 Å². The zero-order valence-corrected chi connectivity index (χ0v) is 31.0. The summed E-state index contributed by atoms with van der Waals surface area (Å²) in [6.07, 6.45) is 51.1. The third-order valence-electron chi connectivity index (χ3n) is 7.99. The molecule has 0 amide bonds.